The number of aromatic nitrogens is 1. The minimum atomic E-state index is -4.03. The van der Waals surface area contributed by atoms with Gasteiger partial charge in [0.2, 0.25) is 5.91 Å². The average Bonchev–Trinajstić information content (AvgIpc) is 3.04. The number of amides is 1. The van der Waals surface area contributed by atoms with Gasteiger partial charge < -0.3 is 24.8 Å². The summed E-state index contributed by atoms with van der Waals surface area (Å²) in [6, 6.07) is 16.0. The molecule has 1 unspecified atom stereocenters. The molecule has 8 heteroatoms. The van der Waals surface area contributed by atoms with Gasteiger partial charge in [-0.1, -0.05) is 30.3 Å². The minimum Gasteiger partial charge on any atom is -0.494 e. The van der Waals surface area contributed by atoms with Crippen molar-refractivity contribution in [1.82, 2.24) is 4.57 Å². The van der Waals surface area contributed by atoms with Crippen LogP contribution in [0.2, 0.25) is 0 Å². The molecule has 0 fully saturated rings. The van der Waals surface area contributed by atoms with Gasteiger partial charge in [-0.05, 0) is 55.0 Å². The second-order valence-electron chi connectivity index (χ2n) is 8.05. The van der Waals surface area contributed by atoms with E-state index in [9.17, 15) is 9.36 Å². The van der Waals surface area contributed by atoms with Crippen LogP contribution in [0.3, 0.4) is 0 Å². The van der Waals surface area contributed by atoms with Crippen LogP contribution in [0.15, 0.2) is 48.5 Å². The van der Waals surface area contributed by atoms with Crippen molar-refractivity contribution in [2.24, 2.45) is 5.73 Å². The molecule has 3 aromatic rings. The Hall–Kier alpha value is -2.60. The molecule has 7 nitrogen and oxygen atoms in total. The van der Waals surface area contributed by atoms with Crippen molar-refractivity contribution >= 4 is 24.4 Å². The fourth-order valence-corrected chi connectivity index (χ4v) is 5.01. The molecule has 1 amide bonds. The zero-order valence-electron chi connectivity index (χ0n) is 17.2. The van der Waals surface area contributed by atoms with E-state index >= 15 is 0 Å². The summed E-state index contributed by atoms with van der Waals surface area (Å²) in [7, 11) is -4.03. The highest BCUT2D eigenvalue weighted by Gasteiger charge is 2.31. The number of hydrogen-bond acceptors (Lipinski definition) is 3. The number of nitrogens with two attached hydrogens (primary N) is 1. The van der Waals surface area contributed by atoms with Crippen LogP contribution >= 0.6 is 7.60 Å². The average molecular weight is 442 g/mol. The number of benzene rings is 2. The van der Waals surface area contributed by atoms with E-state index in [1.807, 2.05) is 36.4 Å². The number of carbonyl (C=O) groups excluding carboxylic acids is 1. The van der Waals surface area contributed by atoms with Gasteiger partial charge in [0.25, 0.3) is 0 Å². The summed E-state index contributed by atoms with van der Waals surface area (Å²) in [6.45, 7) is 0.920. The molecule has 4 rings (SSSR count). The standard InChI is InChI=1S/C23H27N2O5P/c24-23(26)18-8-4-9-21-22(18)19-14-17(30-12-5-13-31(27,28)29)10-11-20(19)25(21)15-16-6-2-1-3-7-16/h1-3,6-7,10-11,14,18H,4-5,8-9,12-13,15H2,(H2,24,26)(H2,27,28,29). The van der Waals surface area contributed by atoms with Gasteiger partial charge in [0, 0.05) is 23.1 Å². The Morgan fingerprint density at radius 2 is 1.97 bits per heavy atom. The van der Waals surface area contributed by atoms with E-state index in [4.69, 9.17) is 20.3 Å². The smallest absolute Gasteiger partial charge is 0.325 e. The normalized spacial score (nSPS) is 16.3. The molecule has 0 aliphatic heterocycles. The summed E-state index contributed by atoms with van der Waals surface area (Å²) in [4.78, 5) is 30.2. The summed E-state index contributed by atoms with van der Waals surface area (Å²) >= 11 is 0. The minimum absolute atomic E-state index is 0.207. The predicted octanol–water partition coefficient (Wildman–Crippen LogP) is 3.54. The lowest BCUT2D eigenvalue weighted by Crippen LogP contribution is -2.25. The summed E-state index contributed by atoms with van der Waals surface area (Å²) in [5.74, 6) is -0.0208. The summed E-state index contributed by atoms with van der Waals surface area (Å²) < 4.78 is 19.0. The molecule has 1 aliphatic carbocycles. The molecular weight excluding hydrogens is 415 g/mol. The number of hydrogen-bond donors (Lipinski definition) is 3. The lowest BCUT2D eigenvalue weighted by molar-refractivity contribution is -0.119. The van der Waals surface area contributed by atoms with E-state index in [-0.39, 0.29) is 31.0 Å². The Morgan fingerprint density at radius 1 is 1.19 bits per heavy atom. The molecule has 0 spiro atoms. The third kappa shape index (κ3) is 4.85. The van der Waals surface area contributed by atoms with Crippen molar-refractivity contribution in [3.8, 4) is 5.75 Å². The van der Waals surface area contributed by atoms with E-state index in [0.29, 0.717) is 12.3 Å². The molecule has 1 aromatic heterocycles. The van der Waals surface area contributed by atoms with E-state index in [0.717, 1.165) is 41.4 Å². The number of carbonyl (C=O) groups is 1. The van der Waals surface area contributed by atoms with E-state index < -0.39 is 7.60 Å². The van der Waals surface area contributed by atoms with Gasteiger partial charge in [0.1, 0.15) is 5.75 Å². The molecule has 0 radical (unpaired) electrons. The maximum Gasteiger partial charge on any atom is 0.325 e. The van der Waals surface area contributed by atoms with Crippen molar-refractivity contribution in [2.45, 2.75) is 38.1 Å². The number of rotatable bonds is 8. The monoisotopic (exact) mass is 442 g/mol. The first-order chi connectivity index (χ1) is 14.8. The Kier molecular flexibility index (Phi) is 6.19. The molecule has 4 N–H and O–H groups in total. The molecule has 164 valence electrons. The second kappa shape index (κ2) is 8.87. The van der Waals surface area contributed by atoms with E-state index in [1.165, 1.54) is 5.56 Å². The molecule has 31 heavy (non-hydrogen) atoms. The molecule has 1 atom stereocenters. The third-order valence-electron chi connectivity index (χ3n) is 5.83. The molecular formula is C23H27N2O5P. The maximum atomic E-state index is 12.2. The highest BCUT2D eigenvalue weighted by molar-refractivity contribution is 7.51. The van der Waals surface area contributed by atoms with Gasteiger partial charge >= 0.3 is 7.60 Å². The van der Waals surface area contributed by atoms with Crippen molar-refractivity contribution in [3.63, 3.8) is 0 Å². The van der Waals surface area contributed by atoms with Gasteiger partial charge in [-0.2, -0.15) is 0 Å². The van der Waals surface area contributed by atoms with Gasteiger partial charge in [-0.3, -0.25) is 9.36 Å². The molecule has 0 bridgehead atoms. The summed E-state index contributed by atoms with van der Waals surface area (Å²) in [6.07, 6.45) is 2.60. The Bertz CT molecular complexity index is 1140. The molecule has 1 aliphatic rings. The molecule has 0 saturated heterocycles. The van der Waals surface area contributed by atoms with E-state index in [2.05, 4.69) is 16.7 Å². The first kappa shape index (κ1) is 21.6. The number of fused-ring (bicyclic) bond motifs is 3. The first-order valence-corrected chi connectivity index (χ1v) is 12.3. The van der Waals surface area contributed by atoms with Crippen molar-refractivity contribution in [2.75, 3.05) is 12.8 Å². The van der Waals surface area contributed by atoms with Crippen LogP contribution in [-0.4, -0.2) is 33.0 Å². The van der Waals surface area contributed by atoms with Crippen LogP contribution < -0.4 is 10.5 Å². The Labute approximate surface area is 181 Å². The zero-order chi connectivity index (χ0) is 22.0. The second-order valence-corrected chi connectivity index (χ2v) is 9.83. The van der Waals surface area contributed by atoms with Crippen LogP contribution in [0, 0.1) is 0 Å². The van der Waals surface area contributed by atoms with Crippen LogP contribution in [0.5, 0.6) is 5.75 Å². The highest BCUT2D eigenvalue weighted by atomic mass is 31.2. The van der Waals surface area contributed by atoms with Crippen molar-refractivity contribution in [1.29, 1.82) is 0 Å². The van der Waals surface area contributed by atoms with Crippen LogP contribution in [0.25, 0.3) is 10.9 Å². The SMILES string of the molecule is NC(=O)C1CCCc2c1c1cc(OCCCP(=O)(O)O)ccc1n2Cc1ccccc1. The fraction of sp³-hybridized carbons (Fsp3) is 0.348. The third-order valence-corrected chi connectivity index (χ3v) is 6.73. The van der Waals surface area contributed by atoms with Crippen molar-refractivity contribution in [3.05, 3.63) is 65.4 Å². The zero-order valence-corrected chi connectivity index (χ0v) is 18.1. The maximum absolute atomic E-state index is 12.2. The number of primary amides is 1. The van der Waals surface area contributed by atoms with Gasteiger partial charge in [-0.25, -0.2) is 0 Å². The van der Waals surface area contributed by atoms with Gasteiger partial charge in [-0.15, -0.1) is 0 Å². The Balaban J connectivity index is 1.71. The van der Waals surface area contributed by atoms with Gasteiger partial charge in [0.05, 0.1) is 18.7 Å². The predicted molar refractivity (Wildman–Crippen MR) is 119 cm³/mol. The fourth-order valence-electron chi connectivity index (χ4n) is 4.47. The number of ether oxygens (including phenoxy) is 1. The Morgan fingerprint density at radius 3 is 2.68 bits per heavy atom. The number of nitrogens with zero attached hydrogens (tertiary/aromatic N) is 1. The highest BCUT2D eigenvalue weighted by Crippen LogP contribution is 2.41. The summed E-state index contributed by atoms with van der Waals surface area (Å²) in [5.41, 5.74) is 10.1. The topological polar surface area (TPSA) is 115 Å². The lowest BCUT2D eigenvalue weighted by atomic mass is 9.84. The largest absolute Gasteiger partial charge is 0.494 e. The lowest BCUT2D eigenvalue weighted by Gasteiger charge is -2.22. The van der Waals surface area contributed by atoms with Crippen LogP contribution in [0.4, 0.5) is 0 Å². The van der Waals surface area contributed by atoms with Gasteiger partial charge in [0.15, 0.2) is 0 Å². The van der Waals surface area contributed by atoms with E-state index in [1.54, 1.807) is 0 Å². The van der Waals surface area contributed by atoms with Crippen LogP contribution in [0.1, 0.15) is 42.0 Å². The quantitative estimate of drug-likeness (QED) is 0.365. The molecule has 2 aromatic carbocycles. The first-order valence-electron chi connectivity index (χ1n) is 10.5. The molecule has 0 saturated carbocycles. The molecule has 1 heterocycles. The summed E-state index contributed by atoms with van der Waals surface area (Å²) in [5, 5.41) is 0.960. The van der Waals surface area contributed by atoms with Crippen LogP contribution in [-0.2, 0) is 22.3 Å². The van der Waals surface area contributed by atoms with Crippen molar-refractivity contribution < 1.29 is 23.9 Å².